The summed E-state index contributed by atoms with van der Waals surface area (Å²) in [4.78, 5) is 22.2. The van der Waals surface area contributed by atoms with Crippen molar-refractivity contribution in [2.24, 2.45) is 7.05 Å². The standard InChI is InChI=1S/C13H16N6O2/c1-18-12-9(8-21-2)6-19(7-11(12)16-17-18)13(20)10-5-14-3-4-15-10/h3-5,9H,6-8H2,1-2H3/t9-/m1/s1. The number of methoxy groups -OCH3 is 1. The van der Waals surface area contributed by atoms with Gasteiger partial charge in [-0.05, 0) is 0 Å². The molecule has 0 N–H and O–H groups in total. The van der Waals surface area contributed by atoms with Gasteiger partial charge in [-0.25, -0.2) is 4.98 Å². The van der Waals surface area contributed by atoms with E-state index >= 15 is 0 Å². The van der Waals surface area contributed by atoms with Gasteiger partial charge in [-0.1, -0.05) is 5.21 Å². The van der Waals surface area contributed by atoms with Gasteiger partial charge in [0.25, 0.3) is 5.91 Å². The van der Waals surface area contributed by atoms with E-state index in [1.54, 1.807) is 22.9 Å². The molecule has 0 aliphatic carbocycles. The molecule has 0 saturated carbocycles. The largest absolute Gasteiger partial charge is 0.384 e. The Balaban J connectivity index is 1.88. The van der Waals surface area contributed by atoms with Crippen LogP contribution in [0.4, 0.5) is 0 Å². The van der Waals surface area contributed by atoms with Crippen LogP contribution in [-0.4, -0.2) is 56.0 Å². The normalized spacial score (nSPS) is 17.6. The number of fused-ring (bicyclic) bond motifs is 1. The van der Waals surface area contributed by atoms with Crippen molar-refractivity contribution in [3.63, 3.8) is 0 Å². The first-order valence-electron chi connectivity index (χ1n) is 6.63. The molecule has 1 atom stereocenters. The van der Waals surface area contributed by atoms with Crippen molar-refractivity contribution < 1.29 is 9.53 Å². The Hall–Kier alpha value is -2.35. The Labute approximate surface area is 121 Å². The van der Waals surface area contributed by atoms with Gasteiger partial charge in [-0.15, -0.1) is 5.10 Å². The Morgan fingerprint density at radius 1 is 1.48 bits per heavy atom. The molecule has 21 heavy (non-hydrogen) atoms. The zero-order valence-corrected chi connectivity index (χ0v) is 11.9. The van der Waals surface area contributed by atoms with Crippen LogP contribution < -0.4 is 0 Å². The topological polar surface area (TPSA) is 86.0 Å². The summed E-state index contributed by atoms with van der Waals surface area (Å²) >= 11 is 0. The first-order valence-corrected chi connectivity index (χ1v) is 6.63. The molecule has 3 heterocycles. The van der Waals surface area contributed by atoms with Crippen molar-refractivity contribution in [2.75, 3.05) is 20.3 Å². The fraction of sp³-hybridized carbons (Fsp3) is 0.462. The molecule has 0 radical (unpaired) electrons. The molecule has 2 aromatic rings. The van der Waals surface area contributed by atoms with Gasteiger partial charge in [0.15, 0.2) is 0 Å². The van der Waals surface area contributed by atoms with E-state index in [-0.39, 0.29) is 11.8 Å². The fourth-order valence-corrected chi connectivity index (χ4v) is 2.68. The minimum Gasteiger partial charge on any atom is -0.384 e. The monoisotopic (exact) mass is 288 g/mol. The third-order valence-electron chi connectivity index (χ3n) is 3.55. The van der Waals surface area contributed by atoms with Gasteiger partial charge in [-0.3, -0.25) is 14.5 Å². The van der Waals surface area contributed by atoms with Gasteiger partial charge in [-0.2, -0.15) is 0 Å². The van der Waals surface area contributed by atoms with E-state index in [1.165, 1.54) is 12.4 Å². The van der Waals surface area contributed by atoms with Crippen molar-refractivity contribution >= 4 is 5.91 Å². The molecule has 2 aromatic heterocycles. The highest BCUT2D eigenvalue weighted by molar-refractivity contribution is 5.92. The lowest BCUT2D eigenvalue weighted by atomic mass is 9.98. The first kappa shape index (κ1) is 13.6. The summed E-state index contributed by atoms with van der Waals surface area (Å²) in [5, 5.41) is 8.19. The van der Waals surface area contributed by atoms with E-state index in [0.717, 1.165) is 11.4 Å². The second-order valence-corrected chi connectivity index (χ2v) is 4.97. The number of rotatable bonds is 3. The lowest BCUT2D eigenvalue weighted by molar-refractivity contribution is 0.0667. The van der Waals surface area contributed by atoms with Crippen LogP contribution in [0.1, 0.15) is 27.8 Å². The smallest absolute Gasteiger partial charge is 0.274 e. The van der Waals surface area contributed by atoms with Gasteiger partial charge >= 0.3 is 0 Å². The maximum absolute atomic E-state index is 12.5. The average Bonchev–Trinajstić information content (AvgIpc) is 2.89. The zero-order valence-electron chi connectivity index (χ0n) is 11.9. The molecule has 1 amide bonds. The van der Waals surface area contributed by atoms with Crippen LogP contribution in [0.3, 0.4) is 0 Å². The minimum atomic E-state index is -0.152. The van der Waals surface area contributed by atoms with Gasteiger partial charge in [0.1, 0.15) is 11.4 Å². The predicted molar refractivity (Wildman–Crippen MR) is 72.4 cm³/mol. The number of carbonyl (C=O) groups is 1. The van der Waals surface area contributed by atoms with Crippen LogP contribution >= 0.6 is 0 Å². The van der Waals surface area contributed by atoms with Crippen molar-refractivity contribution in [1.29, 1.82) is 0 Å². The third-order valence-corrected chi connectivity index (χ3v) is 3.55. The highest BCUT2D eigenvalue weighted by Gasteiger charge is 2.33. The number of aromatic nitrogens is 5. The summed E-state index contributed by atoms with van der Waals surface area (Å²) in [7, 11) is 3.50. The Morgan fingerprint density at radius 2 is 2.33 bits per heavy atom. The number of hydrogen-bond acceptors (Lipinski definition) is 6. The van der Waals surface area contributed by atoms with E-state index in [1.807, 2.05) is 7.05 Å². The predicted octanol–water partition coefficient (Wildman–Crippen LogP) is -0.00890. The number of ether oxygens (including phenoxy) is 1. The quantitative estimate of drug-likeness (QED) is 0.789. The van der Waals surface area contributed by atoms with Gasteiger partial charge < -0.3 is 9.64 Å². The summed E-state index contributed by atoms with van der Waals surface area (Å²) in [6, 6.07) is 0. The molecule has 0 bridgehead atoms. The highest BCUT2D eigenvalue weighted by Crippen LogP contribution is 2.27. The van der Waals surface area contributed by atoms with Gasteiger partial charge in [0.2, 0.25) is 0 Å². The lowest BCUT2D eigenvalue weighted by Crippen LogP contribution is -2.40. The molecular weight excluding hydrogens is 272 g/mol. The summed E-state index contributed by atoms with van der Waals surface area (Å²) < 4.78 is 7.01. The molecule has 0 aromatic carbocycles. The number of aryl methyl sites for hydroxylation is 1. The first-order chi connectivity index (χ1) is 10.2. The molecule has 0 spiro atoms. The van der Waals surface area contributed by atoms with Gasteiger partial charge in [0.05, 0.1) is 25.0 Å². The van der Waals surface area contributed by atoms with E-state index < -0.39 is 0 Å². The SMILES string of the molecule is COC[C@H]1CN(C(=O)c2cnccn2)Cc2nnn(C)c21. The molecule has 1 aliphatic heterocycles. The van der Waals surface area contributed by atoms with Crippen molar-refractivity contribution in [3.05, 3.63) is 35.7 Å². The summed E-state index contributed by atoms with van der Waals surface area (Å²) in [6.45, 7) is 1.49. The van der Waals surface area contributed by atoms with Crippen LogP contribution in [-0.2, 0) is 18.3 Å². The van der Waals surface area contributed by atoms with Crippen LogP contribution in [0, 0.1) is 0 Å². The average molecular weight is 288 g/mol. The summed E-state index contributed by atoms with van der Waals surface area (Å²) in [5.41, 5.74) is 2.17. The summed E-state index contributed by atoms with van der Waals surface area (Å²) in [6.07, 6.45) is 4.53. The molecule has 8 nitrogen and oxygen atoms in total. The molecule has 3 rings (SSSR count). The fourth-order valence-electron chi connectivity index (χ4n) is 2.68. The van der Waals surface area contributed by atoms with Crippen LogP contribution in [0.2, 0.25) is 0 Å². The zero-order chi connectivity index (χ0) is 14.8. The Kier molecular flexibility index (Phi) is 3.61. The summed E-state index contributed by atoms with van der Waals surface area (Å²) in [5.74, 6) is -0.0973. The molecule has 8 heteroatoms. The van der Waals surface area contributed by atoms with E-state index in [2.05, 4.69) is 20.3 Å². The molecule has 1 aliphatic rings. The van der Waals surface area contributed by atoms with Crippen LogP contribution in [0.5, 0.6) is 0 Å². The molecule has 0 unspecified atom stereocenters. The number of nitrogens with zero attached hydrogens (tertiary/aromatic N) is 6. The van der Waals surface area contributed by atoms with Crippen molar-refractivity contribution in [2.45, 2.75) is 12.5 Å². The van der Waals surface area contributed by atoms with E-state index in [9.17, 15) is 4.79 Å². The second-order valence-electron chi connectivity index (χ2n) is 4.97. The Bertz CT molecular complexity index is 641. The minimum absolute atomic E-state index is 0.0550. The van der Waals surface area contributed by atoms with Crippen LogP contribution in [0.25, 0.3) is 0 Å². The molecule has 110 valence electrons. The van der Waals surface area contributed by atoms with Crippen molar-refractivity contribution in [1.82, 2.24) is 29.9 Å². The van der Waals surface area contributed by atoms with E-state index in [0.29, 0.717) is 25.4 Å². The van der Waals surface area contributed by atoms with E-state index in [4.69, 9.17) is 4.74 Å². The molecular formula is C13H16N6O2. The number of carbonyl (C=O) groups excluding carboxylic acids is 1. The molecule has 0 fully saturated rings. The highest BCUT2D eigenvalue weighted by atomic mass is 16.5. The Morgan fingerprint density at radius 3 is 3.05 bits per heavy atom. The molecule has 0 saturated heterocycles. The van der Waals surface area contributed by atoms with Crippen molar-refractivity contribution in [3.8, 4) is 0 Å². The maximum Gasteiger partial charge on any atom is 0.274 e. The number of amides is 1. The maximum atomic E-state index is 12.5. The van der Waals surface area contributed by atoms with Crippen LogP contribution in [0.15, 0.2) is 18.6 Å². The number of hydrogen-bond donors (Lipinski definition) is 0. The second kappa shape index (κ2) is 5.57. The third kappa shape index (κ3) is 2.49. The lowest BCUT2D eigenvalue weighted by Gasteiger charge is -2.31. The van der Waals surface area contributed by atoms with Gasteiger partial charge in [0, 0.05) is 39.0 Å².